The minimum atomic E-state index is -0.182. The van der Waals surface area contributed by atoms with Crippen molar-refractivity contribution in [3.8, 4) is 0 Å². The van der Waals surface area contributed by atoms with Gasteiger partial charge in [-0.2, -0.15) is 5.06 Å². The molecule has 1 aliphatic heterocycles. The summed E-state index contributed by atoms with van der Waals surface area (Å²) >= 11 is 0. The molecule has 4 nitrogen and oxygen atoms in total. The van der Waals surface area contributed by atoms with E-state index < -0.39 is 0 Å². The van der Waals surface area contributed by atoms with Crippen LogP contribution < -0.4 is 0 Å². The van der Waals surface area contributed by atoms with E-state index in [2.05, 4.69) is 0 Å². The Morgan fingerprint density at radius 3 is 2.00 bits per heavy atom. The van der Waals surface area contributed by atoms with Gasteiger partial charge in [-0.25, -0.2) is 0 Å². The summed E-state index contributed by atoms with van der Waals surface area (Å²) in [5, 5.41) is 18.9. The van der Waals surface area contributed by atoms with E-state index in [-0.39, 0.29) is 11.6 Å². The molecular formula is C5H11NO3. The minimum Gasteiger partial charge on any atom is -0.393 e. The largest absolute Gasteiger partial charge is 0.393 e. The molecular weight excluding hydrogens is 122 g/mol. The van der Waals surface area contributed by atoms with Gasteiger partial charge in [0.1, 0.15) is 0 Å². The smallest absolute Gasteiger partial charge is 0.0566 e. The van der Waals surface area contributed by atoms with Crippen LogP contribution >= 0.6 is 0 Å². The highest BCUT2D eigenvalue weighted by atomic mass is 16.5. The van der Waals surface area contributed by atoms with E-state index in [1.807, 2.05) is 0 Å². The van der Waals surface area contributed by atoms with Gasteiger partial charge in [0.05, 0.1) is 6.10 Å². The topological polar surface area (TPSA) is 72.2 Å². The van der Waals surface area contributed by atoms with Crippen LogP contribution in [-0.2, 0) is 5.48 Å². The van der Waals surface area contributed by atoms with Gasteiger partial charge in [0.25, 0.3) is 0 Å². The molecule has 0 amide bonds. The number of rotatable bonds is 0. The van der Waals surface area contributed by atoms with Crippen LogP contribution in [0.15, 0.2) is 0 Å². The molecule has 1 aliphatic rings. The van der Waals surface area contributed by atoms with Crippen LogP contribution in [0.2, 0.25) is 0 Å². The van der Waals surface area contributed by atoms with Crippen LogP contribution in [0.5, 0.6) is 0 Å². The first kappa shape index (κ1) is 8.84. The van der Waals surface area contributed by atoms with Gasteiger partial charge >= 0.3 is 0 Å². The average Bonchev–Trinajstić information content (AvgIpc) is 1.77. The zero-order valence-electron chi connectivity index (χ0n) is 5.16. The molecule has 0 aliphatic carbocycles. The van der Waals surface area contributed by atoms with Crippen LogP contribution in [0.1, 0.15) is 12.8 Å². The maximum atomic E-state index is 8.89. The van der Waals surface area contributed by atoms with Gasteiger partial charge in [-0.05, 0) is 12.8 Å². The fraction of sp³-hybridized carbons (Fsp3) is 1.00. The summed E-state index contributed by atoms with van der Waals surface area (Å²) in [6.45, 7) is 1.22. The Morgan fingerprint density at radius 1 is 1.22 bits per heavy atom. The Kier molecular flexibility index (Phi) is 3.72. The Hall–Kier alpha value is -0.160. The lowest BCUT2D eigenvalue weighted by molar-refractivity contribution is -0.121. The van der Waals surface area contributed by atoms with Crippen molar-refractivity contribution in [2.45, 2.75) is 18.9 Å². The molecule has 2 radical (unpaired) electrons. The molecule has 0 atom stereocenters. The van der Waals surface area contributed by atoms with Gasteiger partial charge in [-0.1, -0.05) is 0 Å². The van der Waals surface area contributed by atoms with Gasteiger partial charge in [0.15, 0.2) is 0 Å². The minimum absolute atomic E-state index is 0. The Morgan fingerprint density at radius 2 is 1.67 bits per heavy atom. The third kappa shape index (κ3) is 2.76. The van der Waals surface area contributed by atoms with E-state index in [0.29, 0.717) is 25.9 Å². The monoisotopic (exact) mass is 133 g/mol. The van der Waals surface area contributed by atoms with Gasteiger partial charge in [-0.15, -0.1) is 0 Å². The Labute approximate surface area is 54.0 Å². The first-order chi connectivity index (χ1) is 3.79. The molecule has 1 rings (SSSR count). The quantitative estimate of drug-likeness (QED) is 0.477. The molecule has 54 valence electrons. The lowest BCUT2D eigenvalue weighted by atomic mass is 10.1. The van der Waals surface area contributed by atoms with Crippen LogP contribution in [-0.4, -0.2) is 34.6 Å². The van der Waals surface area contributed by atoms with Crippen molar-refractivity contribution in [1.82, 2.24) is 5.06 Å². The summed E-state index contributed by atoms with van der Waals surface area (Å²) in [5.74, 6) is 0. The summed E-state index contributed by atoms with van der Waals surface area (Å²) in [4.78, 5) is 0. The van der Waals surface area contributed by atoms with Crippen molar-refractivity contribution >= 4 is 0 Å². The van der Waals surface area contributed by atoms with E-state index in [1.54, 1.807) is 0 Å². The first-order valence-corrected chi connectivity index (χ1v) is 2.91. The highest BCUT2D eigenvalue weighted by Gasteiger charge is 2.13. The van der Waals surface area contributed by atoms with Crippen LogP contribution in [0, 0.1) is 0 Å². The van der Waals surface area contributed by atoms with E-state index in [9.17, 15) is 0 Å². The highest BCUT2D eigenvalue weighted by Crippen LogP contribution is 2.06. The second kappa shape index (κ2) is 3.79. The number of aliphatic hydroxyl groups excluding tert-OH is 1. The molecule has 0 aromatic heterocycles. The normalized spacial score (nSPS) is 23.3. The molecule has 2 N–H and O–H groups in total. The van der Waals surface area contributed by atoms with Gasteiger partial charge in [0.2, 0.25) is 0 Å². The summed E-state index contributed by atoms with van der Waals surface area (Å²) in [5.41, 5.74) is 0. The number of hydrogen-bond donors (Lipinski definition) is 2. The predicted octanol–water partition coefficient (Wildman–Crippen LogP) is -0.287. The van der Waals surface area contributed by atoms with Gasteiger partial charge in [0, 0.05) is 18.6 Å². The maximum Gasteiger partial charge on any atom is 0.0566 e. The maximum absolute atomic E-state index is 8.89. The number of piperidine rings is 1. The highest BCUT2D eigenvalue weighted by molar-refractivity contribution is 4.64. The van der Waals surface area contributed by atoms with Crippen LogP contribution in [0.25, 0.3) is 0 Å². The molecule has 1 saturated heterocycles. The summed E-state index contributed by atoms with van der Waals surface area (Å²) in [7, 11) is 0. The van der Waals surface area contributed by atoms with E-state index in [0.717, 1.165) is 0 Å². The molecule has 1 fully saturated rings. The lowest BCUT2D eigenvalue weighted by Gasteiger charge is -2.23. The fourth-order valence-corrected chi connectivity index (χ4v) is 0.852. The third-order valence-electron chi connectivity index (χ3n) is 1.44. The summed E-state index contributed by atoms with van der Waals surface area (Å²) in [6, 6.07) is 0. The van der Waals surface area contributed by atoms with Crippen molar-refractivity contribution in [2.24, 2.45) is 0 Å². The second-order valence-corrected chi connectivity index (χ2v) is 2.18. The van der Waals surface area contributed by atoms with E-state index >= 15 is 0 Å². The molecule has 1 heterocycles. The average molecular weight is 133 g/mol. The molecule has 0 saturated carbocycles. The van der Waals surface area contributed by atoms with Gasteiger partial charge in [-0.3, -0.25) is 0 Å². The molecule has 9 heavy (non-hydrogen) atoms. The van der Waals surface area contributed by atoms with Crippen molar-refractivity contribution in [3.63, 3.8) is 0 Å². The van der Waals surface area contributed by atoms with Gasteiger partial charge < -0.3 is 10.3 Å². The van der Waals surface area contributed by atoms with Crippen molar-refractivity contribution in [3.05, 3.63) is 0 Å². The molecule has 0 aromatic carbocycles. The van der Waals surface area contributed by atoms with Crippen molar-refractivity contribution in [1.29, 1.82) is 0 Å². The molecule has 4 heteroatoms. The standard InChI is InChI=1S/C5H11NO2.O/c7-5-1-3-6(8)4-2-5;/h5,7-8H,1-4H2;. The zero-order chi connectivity index (χ0) is 5.98. The van der Waals surface area contributed by atoms with Crippen LogP contribution in [0.3, 0.4) is 0 Å². The van der Waals surface area contributed by atoms with E-state index in [4.69, 9.17) is 10.3 Å². The predicted molar refractivity (Wildman–Crippen MR) is 29.3 cm³/mol. The number of aliphatic hydroxyl groups is 1. The fourth-order valence-electron chi connectivity index (χ4n) is 0.852. The summed E-state index contributed by atoms with van der Waals surface area (Å²) < 4.78 is 0. The Balaban J connectivity index is 0.000000640. The SMILES string of the molecule is OC1CCN(O)CC1.[O]. The van der Waals surface area contributed by atoms with Crippen LogP contribution in [0.4, 0.5) is 0 Å². The zero-order valence-corrected chi connectivity index (χ0v) is 5.16. The second-order valence-electron chi connectivity index (χ2n) is 2.18. The Bertz CT molecular complexity index is 60.6. The van der Waals surface area contributed by atoms with E-state index in [1.165, 1.54) is 5.06 Å². The number of nitrogens with zero attached hydrogens (tertiary/aromatic N) is 1. The molecule has 0 unspecified atom stereocenters. The third-order valence-corrected chi connectivity index (χ3v) is 1.44. The number of hydroxylamine groups is 2. The molecule has 0 bridgehead atoms. The molecule has 0 spiro atoms. The molecule has 0 aromatic rings. The lowest BCUT2D eigenvalue weighted by Crippen LogP contribution is -2.33. The summed E-state index contributed by atoms with van der Waals surface area (Å²) in [6.07, 6.45) is 1.23. The van der Waals surface area contributed by atoms with Crippen molar-refractivity contribution in [2.75, 3.05) is 13.1 Å². The number of hydrogen-bond acceptors (Lipinski definition) is 3. The first-order valence-electron chi connectivity index (χ1n) is 2.91. The van der Waals surface area contributed by atoms with Crippen molar-refractivity contribution < 1.29 is 15.8 Å².